The Kier molecular flexibility index (Phi) is 7.50. The molecule has 30 heavy (non-hydrogen) atoms. The van der Waals surface area contributed by atoms with E-state index in [1.165, 1.54) is 0 Å². The van der Waals surface area contributed by atoms with Gasteiger partial charge in [0.25, 0.3) is 0 Å². The Morgan fingerprint density at radius 1 is 1.03 bits per heavy atom. The van der Waals surface area contributed by atoms with Gasteiger partial charge in [0.2, 0.25) is 5.91 Å². The van der Waals surface area contributed by atoms with E-state index in [9.17, 15) is 13.2 Å². The van der Waals surface area contributed by atoms with Crippen LogP contribution in [0.15, 0.2) is 54.6 Å². The van der Waals surface area contributed by atoms with E-state index < -0.39 is 9.84 Å². The van der Waals surface area contributed by atoms with Crippen molar-refractivity contribution in [3.05, 3.63) is 60.2 Å². The van der Waals surface area contributed by atoms with Gasteiger partial charge in [-0.05, 0) is 43.3 Å². The Bertz CT molecular complexity index is 943. The normalized spacial score (nSPS) is 17.8. The number of amides is 1. The molecular weight excluding hydrogens is 398 g/mol. The predicted octanol–water partition coefficient (Wildman–Crippen LogP) is 3.16. The first-order valence-corrected chi connectivity index (χ1v) is 12.4. The van der Waals surface area contributed by atoms with Gasteiger partial charge in [-0.1, -0.05) is 50.2 Å². The van der Waals surface area contributed by atoms with Crippen molar-refractivity contribution < 1.29 is 13.2 Å². The van der Waals surface area contributed by atoms with Crippen LogP contribution in [0.4, 0.5) is 11.4 Å². The van der Waals surface area contributed by atoms with Crippen molar-refractivity contribution >= 4 is 27.1 Å². The standard InChI is InChI=1S/C23H31N3O3S/c1-3-25(4-2)17-19-10-8-9-13-22(19)24-16-23(27)26(20-11-6-5-7-12-20)21-14-15-30(28,29)18-21/h5-13,21,24H,3-4,14-18H2,1-2H3. The average molecular weight is 430 g/mol. The zero-order valence-electron chi connectivity index (χ0n) is 17.8. The second kappa shape index (κ2) is 10.1. The lowest BCUT2D eigenvalue weighted by atomic mass is 10.1. The number of nitrogens with one attached hydrogen (secondary N) is 1. The van der Waals surface area contributed by atoms with Gasteiger partial charge < -0.3 is 10.2 Å². The average Bonchev–Trinajstić information content (AvgIpc) is 3.11. The molecular formula is C23H31N3O3S. The third-order valence-corrected chi connectivity index (χ3v) is 7.36. The molecule has 0 spiro atoms. The lowest BCUT2D eigenvalue weighted by Gasteiger charge is -2.29. The zero-order chi connectivity index (χ0) is 21.6. The molecule has 1 fully saturated rings. The Hall–Kier alpha value is -2.38. The summed E-state index contributed by atoms with van der Waals surface area (Å²) in [4.78, 5) is 17.2. The van der Waals surface area contributed by atoms with Crippen molar-refractivity contribution in [3.8, 4) is 0 Å². The highest BCUT2D eigenvalue weighted by Crippen LogP contribution is 2.25. The van der Waals surface area contributed by atoms with Crippen molar-refractivity contribution in [2.24, 2.45) is 0 Å². The Morgan fingerprint density at radius 3 is 2.33 bits per heavy atom. The fraction of sp³-hybridized carbons (Fsp3) is 0.435. The number of carbonyl (C=O) groups is 1. The van der Waals surface area contributed by atoms with Crippen LogP contribution in [-0.4, -0.2) is 56.4 Å². The summed E-state index contributed by atoms with van der Waals surface area (Å²) < 4.78 is 24.0. The highest BCUT2D eigenvalue weighted by atomic mass is 32.2. The first kappa shape index (κ1) is 22.3. The van der Waals surface area contributed by atoms with Crippen LogP contribution >= 0.6 is 0 Å². The number of anilines is 2. The van der Waals surface area contributed by atoms with Gasteiger partial charge in [-0.2, -0.15) is 0 Å². The zero-order valence-corrected chi connectivity index (χ0v) is 18.6. The molecule has 1 unspecified atom stereocenters. The smallest absolute Gasteiger partial charge is 0.246 e. The number of hydrogen-bond acceptors (Lipinski definition) is 5. The first-order valence-electron chi connectivity index (χ1n) is 10.5. The maximum absolute atomic E-state index is 13.2. The fourth-order valence-corrected chi connectivity index (χ4v) is 5.60. The topological polar surface area (TPSA) is 69.7 Å². The van der Waals surface area contributed by atoms with E-state index in [1.54, 1.807) is 4.90 Å². The Labute approximate surface area is 179 Å². The van der Waals surface area contributed by atoms with E-state index in [2.05, 4.69) is 30.1 Å². The largest absolute Gasteiger partial charge is 0.376 e. The molecule has 2 aromatic rings. The van der Waals surface area contributed by atoms with Crippen LogP contribution < -0.4 is 10.2 Å². The van der Waals surface area contributed by atoms with Crippen LogP contribution in [0.3, 0.4) is 0 Å². The first-order chi connectivity index (χ1) is 14.4. The molecule has 1 aliphatic heterocycles. The molecule has 1 atom stereocenters. The molecule has 0 aromatic heterocycles. The molecule has 1 amide bonds. The third-order valence-electron chi connectivity index (χ3n) is 5.61. The summed E-state index contributed by atoms with van der Waals surface area (Å²) in [6, 6.07) is 17.0. The summed E-state index contributed by atoms with van der Waals surface area (Å²) in [5, 5.41) is 3.29. The number of nitrogens with zero attached hydrogens (tertiary/aromatic N) is 2. The quantitative estimate of drug-likeness (QED) is 0.663. The van der Waals surface area contributed by atoms with Crippen LogP contribution in [0.2, 0.25) is 0 Å². The molecule has 1 heterocycles. The van der Waals surface area contributed by atoms with Crippen LogP contribution in [-0.2, 0) is 21.2 Å². The van der Waals surface area contributed by atoms with Gasteiger partial charge in [-0.3, -0.25) is 9.69 Å². The fourth-order valence-electron chi connectivity index (χ4n) is 3.90. The van der Waals surface area contributed by atoms with E-state index in [4.69, 9.17) is 0 Å². The van der Waals surface area contributed by atoms with Gasteiger partial charge in [-0.25, -0.2) is 8.42 Å². The molecule has 1 aliphatic rings. The molecule has 0 saturated carbocycles. The van der Waals surface area contributed by atoms with Gasteiger partial charge >= 0.3 is 0 Å². The summed E-state index contributed by atoms with van der Waals surface area (Å²) in [5.41, 5.74) is 2.82. The second-order valence-corrected chi connectivity index (χ2v) is 9.86. The minimum Gasteiger partial charge on any atom is -0.376 e. The monoisotopic (exact) mass is 429 g/mol. The summed E-state index contributed by atoms with van der Waals surface area (Å²) in [5.74, 6) is 0.0292. The molecule has 1 saturated heterocycles. The molecule has 1 N–H and O–H groups in total. The van der Waals surface area contributed by atoms with Crippen molar-refractivity contribution in [3.63, 3.8) is 0 Å². The summed E-state index contributed by atoms with van der Waals surface area (Å²) in [6.45, 7) is 7.12. The van der Waals surface area contributed by atoms with Crippen LogP contribution in [0, 0.1) is 0 Å². The van der Waals surface area contributed by atoms with Gasteiger partial charge in [0, 0.05) is 17.9 Å². The molecule has 2 aromatic carbocycles. The SMILES string of the molecule is CCN(CC)Cc1ccccc1NCC(=O)N(c1ccccc1)C1CCS(=O)(=O)C1. The third kappa shape index (κ3) is 5.61. The van der Waals surface area contributed by atoms with Crippen LogP contribution in [0.25, 0.3) is 0 Å². The maximum atomic E-state index is 13.2. The molecule has 0 bridgehead atoms. The number of benzene rings is 2. The minimum absolute atomic E-state index is 0.0200. The number of carbonyl (C=O) groups excluding carboxylic acids is 1. The number of hydrogen-bond donors (Lipinski definition) is 1. The van der Waals surface area contributed by atoms with Crippen LogP contribution in [0.5, 0.6) is 0 Å². The van der Waals surface area contributed by atoms with Crippen molar-refractivity contribution in [2.75, 3.05) is 41.4 Å². The number of para-hydroxylation sites is 2. The summed E-state index contributed by atoms with van der Waals surface area (Å²) in [6.07, 6.45) is 0.474. The van der Waals surface area contributed by atoms with Gasteiger partial charge in [0.05, 0.1) is 24.1 Å². The molecule has 3 rings (SSSR count). The van der Waals surface area contributed by atoms with E-state index in [0.29, 0.717) is 6.42 Å². The van der Waals surface area contributed by atoms with Gasteiger partial charge in [-0.15, -0.1) is 0 Å². The predicted molar refractivity (Wildman–Crippen MR) is 123 cm³/mol. The minimum atomic E-state index is -3.09. The summed E-state index contributed by atoms with van der Waals surface area (Å²) >= 11 is 0. The van der Waals surface area contributed by atoms with E-state index >= 15 is 0 Å². The van der Waals surface area contributed by atoms with Crippen molar-refractivity contribution in [2.45, 2.75) is 32.9 Å². The number of sulfone groups is 1. The highest BCUT2D eigenvalue weighted by molar-refractivity contribution is 7.91. The molecule has 0 radical (unpaired) electrons. The highest BCUT2D eigenvalue weighted by Gasteiger charge is 2.35. The van der Waals surface area contributed by atoms with E-state index in [0.717, 1.165) is 36.6 Å². The Morgan fingerprint density at radius 2 is 1.70 bits per heavy atom. The van der Waals surface area contributed by atoms with Gasteiger partial charge in [0.15, 0.2) is 9.84 Å². The molecule has 0 aliphatic carbocycles. The van der Waals surface area contributed by atoms with Gasteiger partial charge in [0.1, 0.15) is 0 Å². The van der Waals surface area contributed by atoms with E-state index in [-0.39, 0.29) is 30.0 Å². The number of rotatable bonds is 9. The van der Waals surface area contributed by atoms with Crippen molar-refractivity contribution in [1.29, 1.82) is 0 Å². The maximum Gasteiger partial charge on any atom is 0.246 e. The lowest BCUT2D eigenvalue weighted by Crippen LogP contribution is -2.44. The lowest BCUT2D eigenvalue weighted by molar-refractivity contribution is -0.117. The van der Waals surface area contributed by atoms with E-state index in [1.807, 2.05) is 48.5 Å². The van der Waals surface area contributed by atoms with Crippen molar-refractivity contribution in [1.82, 2.24) is 4.90 Å². The summed E-state index contributed by atoms with van der Waals surface area (Å²) in [7, 11) is -3.09. The Balaban J connectivity index is 1.76. The molecule has 6 nitrogen and oxygen atoms in total. The van der Waals surface area contributed by atoms with Crippen LogP contribution in [0.1, 0.15) is 25.8 Å². The molecule has 162 valence electrons. The molecule has 7 heteroatoms. The second-order valence-electron chi connectivity index (χ2n) is 7.63.